The van der Waals surface area contributed by atoms with E-state index in [-0.39, 0.29) is 13.2 Å². The SMILES string of the molecule is CN(C(=O)OC1c2ccccc2-c2ccccc21)[C@H](CO)COC(c1ccccc1)(c1ccccc1)c1ccccc1. The highest BCUT2D eigenvalue weighted by molar-refractivity contribution is 5.79. The maximum atomic E-state index is 13.6. The molecule has 1 aliphatic rings. The number of carbonyl (C=O) groups excluding carboxylic acids is 1. The molecule has 0 unspecified atom stereocenters. The van der Waals surface area contributed by atoms with Gasteiger partial charge in [0, 0.05) is 18.2 Å². The molecule has 0 heterocycles. The molecule has 1 N–H and O–H groups in total. The molecule has 5 aromatic rings. The van der Waals surface area contributed by atoms with Crippen LogP contribution in [0, 0.1) is 0 Å². The fourth-order valence-electron chi connectivity index (χ4n) is 5.85. The van der Waals surface area contributed by atoms with Crippen molar-refractivity contribution in [2.75, 3.05) is 20.3 Å². The Hall–Kier alpha value is -4.71. The van der Waals surface area contributed by atoms with Gasteiger partial charge in [0.2, 0.25) is 0 Å². The predicted molar refractivity (Wildman–Crippen MR) is 164 cm³/mol. The number of amides is 1. The van der Waals surface area contributed by atoms with Crippen molar-refractivity contribution in [1.29, 1.82) is 0 Å². The molecule has 5 heteroatoms. The number of likely N-dealkylation sites (N-methyl/N-ethyl adjacent to an activating group) is 1. The number of hydrogen-bond acceptors (Lipinski definition) is 4. The molecule has 0 saturated carbocycles. The van der Waals surface area contributed by atoms with Crippen molar-refractivity contribution in [1.82, 2.24) is 4.90 Å². The molecule has 0 aliphatic heterocycles. The zero-order valence-corrected chi connectivity index (χ0v) is 23.5. The topological polar surface area (TPSA) is 59.0 Å². The Morgan fingerprint density at radius 3 is 1.52 bits per heavy atom. The maximum absolute atomic E-state index is 13.6. The van der Waals surface area contributed by atoms with Gasteiger partial charge in [0.25, 0.3) is 0 Å². The number of aliphatic hydroxyl groups excluding tert-OH is 1. The minimum Gasteiger partial charge on any atom is -0.436 e. The van der Waals surface area contributed by atoms with Crippen molar-refractivity contribution in [2.24, 2.45) is 0 Å². The Kier molecular flexibility index (Phi) is 7.87. The fourth-order valence-corrected chi connectivity index (χ4v) is 5.85. The monoisotopic (exact) mass is 555 g/mol. The highest BCUT2D eigenvalue weighted by Crippen LogP contribution is 2.45. The molecular formula is C37H33NO4. The second-order valence-electron chi connectivity index (χ2n) is 10.5. The molecule has 5 nitrogen and oxygen atoms in total. The molecule has 6 rings (SSSR count). The van der Waals surface area contributed by atoms with E-state index in [2.05, 4.69) is 0 Å². The number of rotatable bonds is 9. The molecule has 1 aliphatic carbocycles. The van der Waals surface area contributed by atoms with Crippen molar-refractivity contribution in [3.05, 3.63) is 167 Å². The van der Waals surface area contributed by atoms with Crippen LogP contribution in [0.15, 0.2) is 140 Å². The molecule has 1 atom stereocenters. The fraction of sp³-hybridized carbons (Fsp3) is 0.162. The quantitative estimate of drug-likeness (QED) is 0.196. The number of fused-ring (bicyclic) bond motifs is 3. The summed E-state index contributed by atoms with van der Waals surface area (Å²) >= 11 is 0. The van der Waals surface area contributed by atoms with Gasteiger partial charge in [-0.05, 0) is 27.8 Å². The Morgan fingerprint density at radius 1 is 0.690 bits per heavy atom. The van der Waals surface area contributed by atoms with E-state index in [0.29, 0.717) is 0 Å². The molecule has 0 aromatic heterocycles. The summed E-state index contributed by atoms with van der Waals surface area (Å²) < 4.78 is 13.0. The normalized spacial score (nSPS) is 13.2. The van der Waals surface area contributed by atoms with E-state index in [1.807, 2.05) is 140 Å². The zero-order chi connectivity index (χ0) is 28.9. The Morgan fingerprint density at radius 2 is 1.10 bits per heavy atom. The van der Waals surface area contributed by atoms with Gasteiger partial charge in [-0.25, -0.2) is 4.79 Å². The molecule has 0 radical (unpaired) electrons. The summed E-state index contributed by atoms with van der Waals surface area (Å²) in [6.07, 6.45) is -1.05. The van der Waals surface area contributed by atoms with Gasteiger partial charge in [0.1, 0.15) is 5.60 Å². The number of ether oxygens (including phenoxy) is 2. The predicted octanol–water partition coefficient (Wildman–Crippen LogP) is 7.19. The van der Waals surface area contributed by atoms with Gasteiger partial charge < -0.3 is 19.5 Å². The first-order valence-corrected chi connectivity index (χ1v) is 14.2. The Balaban J connectivity index is 1.29. The lowest BCUT2D eigenvalue weighted by molar-refractivity contribution is -0.0320. The van der Waals surface area contributed by atoms with Crippen LogP contribution in [0.4, 0.5) is 4.79 Å². The smallest absolute Gasteiger partial charge is 0.410 e. The zero-order valence-electron chi connectivity index (χ0n) is 23.5. The minimum absolute atomic E-state index is 0.0681. The van der Waals surface area contributed by atoms with Gasteiger partial charge in [0.05, 0.1) is 19.3 Å². The summed E-state index contributed by atoms with van der Waals surface area (Å²) in [6, 6.07) is 45.4. The van der Waals surface area contributed by atoms with Crippen molar-refractivity contribution < 1.29 is 19.4 Å². The van der Waals surface area contributed by atoms with Gasteiger partial charge in [-0.3, -0.25) is 0 Å². The lowest BCUT2D eigenvalue weighted by atomic mass is 9.80. The van der Waals surface area contributed by atoms with Crippen molar-refractivity contribution >= 4 is 6.09 Å². The van der Waals surface area contributed by atoms with Crippen LogP contribution in [0.25, 0.3) is 11.1 Å². The summed E-state index contributed by atoms with van der Waals surface area (Å²) in [7, 11) is 1.65. The highest BCUT2D eigenvalue weighted by Gasteiger charge is 2.39. The maximum Gasteiger partial charge on any atom is 0.410 e. The largest absolute Gasteiger partial charge is 0.436 e. The number of aliphatic hydroxyl groups is 1. The van der Waals surface area contributed by atoms with Crippen molar-refractivity contribution in [2.45, 2.75) is 17.7 Å². The van der Waals surface area contributed by atoms with Crippen LogP contribution in [-0.2, 0) is 15.1 Å². The summed E-state index contributed by atoms with van der Waals surface area (Å²) in [5.74, 6) is 0. The van der Waals surface area contributed by atoms with Crippen molar-refractivity contribution in [3.8, 4) is 11.1 Å². The standard InChI is InChI=1S/C37H33NO4/c1-38(36(40)42-35-33-23-13-11-21-31(33)32-22-12-14-24-34(32)35)30(25-39)26-41-37(27-15-5-2-6-16-27,28-17-7-3-8-18-28)29-19-9-4-10-20-29/h2-24,30,35,39H,25-26H2,1H3/t30-/m1/s1. The number of nitrogens with zero attached hydrogens (tertiary/aromatic N) is 1. The van der Waals surface area contributed by atoms with Crippen molar-refractivity contribution in [3.63, 3.8) is 0 Å². The van der Waals surface area contributed by atoms with Crippen LogP contribution >= 0.6 is 0 Å². The molecular weight excluding hydrogens is 522 g/mol. The first-order valence-electron chi connectivity index (χ1n) is 14.2. The lowest BCUT2D eigenvalue weighted by Gasteiger charge is -2.38. The van der Waals surface area contributed by atoms with Crippen LogP contribution in [0.1, 0.15) is 33.9 Å². The van der Waals surface area contributed by atoms with Gasteiger partial charge in [0.15, 0.2) is 6.10 Å². The molecule has 0 bridgehead atoms. The Bertz CT molecular complexity index is 1500. The van der Waals surface area contributed by atoms with E-state index in [4.69, 9.17) is 9.47 Å². The van der Waals surface area contributed by atoms with Crippen LogP contribution in [0.3, 0.4) is 0 Å². The number of hydrogen-bond donors (Lipinski definition) is 1. The summed E-state index contributed by atoms with van der Waals surface area (Å²) in [5.41, 5.74) is 5.91. The third-order valence-corrected chi connectivity index (χ3v) is 8.07. The third-order valence-electron chi connectivity index (χ3n) is 8.07. The molecule has 0 spiro atoms. The van der Waals surface area contributed by atoms with Crippen LogP contribution in [-0.4, -0.2) is 42.4 Å². The van der Waals surface area contributed by atoms with E-state index in [1.54, 1.807) is 7.05 Å². The summed E-state index contributed by atoms with van der Waals surface area (Å²) in [6.45, 7) is -0.226. The van der Waals surface area contributed by atoms with E-state index in [1.165, 1.54) is 4.90 Å². The molecule has 0 fully saturated rings. The average Bonchev–Trinajstić information content (AvgIpc) is 3.37. The molecule has 42 heavy (non-hydrogen) atoms. The molecule has 210 valence electrons. The van der Waals surface area contributed by atoms with Crippen LogP contribution in [0.2, 0.25) is 0 Å². The van der Waals surface area contributed by atoms with Gasteiger partial charge >= 0.3 is 6.09 Å². The first-order chi connectivity index (χ1) is 20.6. The van der Waals surface area contributed by atoms with E-state index >= 15 is 0 Å². The third kappa shape index (κ3) is 4.98. The van der Waals surface area contributed by atoms with E-state index in [0.717, 1.165) is 38.9 Å². The minimum atomic E-state index is -0.967. The number of benzene rings is 5. The van der Waals surface area contributed by atoms with Crippen LogP contribution < -0.4 is 0 Å². The molecule has 5 aromatic carbocycles. The van der Waals surface area contributed by atoms with Gasteiger partial charge in [-0.2, -0.15) is 0 Å². The van der Waals surface area contributed by atoms with Gasteiger partial charge in [-0.1, -0.05) is 140 Å². The van der Waals surface area contributed by atoms with Gasteiger partial charge in [-0.15, -0.1) is 0 Å². The Labute approximate surface area is 246 Å². The lowest BCUT2D eigenvalue weighted by Crippen LogP contribution is -2.45. The highest BCUT2D eigenvalue weighted by atomic mass is 16.6. The summed E-state index contributed by atoms with van der Waals surface area (Å²) in [4.78, 5) is 15.0. The van der Waals surface area contributed by atoms with E-state index < -0.39 is 23.8 Å². The second-order valence-corrected chi connectivity index (χ2v) is 10.5. The van der Waals surface area contributed by atoms with E-state index in [9.17, 15) is 9.90 Å². The molecule has 0 saturated heterocycles. The summed E-state index contributed by atoms with van der Waals surface area (Å²) in [5, 5.41) is 10.5. The first kappa shape index (κ1) is 27.5. The average molecular weight is 556 g/mol. The van der Waals surface area contributed by atoms with Crippen LogP contribution in [0.5, 0.6) is 0 Å². The number of carbonyl (C=O) groups is 1. The molecule has 1 amide bonds. The second kappa shape index (κ2) is 12.0.